The van der Waals surface area contributed by atoms with Crippen LogP contribution in [0.25, 0.3) is 22.3 Å². The smallest absolute Gasteiger partial charge is 0.315 e. The van der Waals surface area contributed by atoms with Gasteiger partial charge in [0.1, 0.15) is 5.82 Å². The van der Waals surface area contributed by atoms with Crippen LogP contribution in [0.3, 0.4) is 0 Å². The standard InChI is InChI=1S/C29H29N7O2/c1-18-12-22(27-24(13-18)31-16-32-27)15-30-29(38)35-25(14-20-6-4-3-5-7-20)28-34-19(2)26(36-28)21-8-10-23(11-9-21)33-17-37/h3-13,16-17,25H,14-15H2,1-2H3,(H,31,32)(H,33,37)(H,34,36)(H2,30,35,38)/t25-/m0/s1. The van der Waals surface area contributed by atoms with Gasteiger partial charge in [0, 0.05) is 23.5 Å². The third-order valence-corrected chi connectivity index (χ3v) is 6.39. The van der Waals surface area contributed by atoms with Crippen LogP contribution in [0.1, 0.15) is 34.3 Å². The van der Waals surface area contributed by atoms with Crippen LogP contribution in [0.2, 0.25) is 0 Å². The van der Waals surface area contributed by atoms with Crippen LogP contribution in [-0.2, 0) is 17.8 Å². The number of anilines is 1. The molecule has 0 aliphatic carbocycles. The zero-order valence-electron chi connectivity index (χ0n) is 21.2. The molecule has 5 aromatic rings. The second-order valence-corrected chi connectivity index (χ2v) is 9.23. The maximum Gasteiger partial charge on any atom is 0.315 e. The number of H-pyrrole nitrogens is 2. The molecular formula is C29H29N7O2. The fourth-order valence-corrected chi connectivity index (χ4v) is 4.59. The molecule has 3 amide bonds. The first-order chi connectivity index (χ1) is 18.5. The van der Waals surface area contributed by atoms with E-state index in [4.69, 9.17) is 4.98 Å². The topological polar surface area (TPSA) is 128 Å². The second-order valence-electron chi connectivity index (χ2n) is 9.23. The van der Waals surface area contributed by atoms with Gasteiger partial charge in [0.2, 0.25) is 6.41 Å². The molecule has 5 rings (SSSR count). The monoisotopic (exact) mass is 507 g/mol. The Morgan fingerprint density at radius 3 is 2.61 bits per heavy atom. The molecule has 9 nitrogen and oxygen atoms in total. The minimum Gasteiger partial charge on any atom is -0.345 e. The number of aryl methyl sites for hydroxylation is 2. The largest absolute Gasteiger partial charge is 0.345 e. The first-order valence-corrected chi connectivity index (χ1v) is 12.4. The molecule has 0 saturated carbocycles. The molecule has 1 atom stereocenters. The molecule has 9 heteroatoms. The molecule has 0 bridgehead atoms. The van der Waals surface area contributed by atoms with Gasteiger partial charge >= 0.3 is 6.03 Å². The number of nitrogens with zero attached hydrogens (tertiary/aromatic N) is 2. The Morgan fingerprint density at radius 1 is 1.05 bits per heavy atom. The lowest BCUT2D eigenvalue weighted by Gasteiger charge is -2.18. The van der Waals surface area contributed by atoms with Gasteiger partial charge in [-0.15, -0.1) is 0 Å². The lowest BCUT2D eigenvalue weighted by Crippen LogP contribution is -2.38. The normalized spacial score (nSPS) is 11.7. The molecule has 5 N–H and O–H groups in total. The molecular weight excluding hydrogens is 478 g/mol. The SMILES string of the molecule is Cc1cc(CNC(=O)N[C@@H](Cc2ccccc2)c2nc(-c3ccc(NC=O)cc3)c(C)[nH]2)c2nc[nH]c2c1. The third kappa shape index (κ3) is 5.57. The van der Waals surface area contributed by atoms with Crippen molar-refractivity contribution in [3.05, 3.63) is 101 Å². The van der Waals surface area contributed by atoms with E-state index in [0.29, 0.717) is 30.9 Å². The van der Waals surface area contributed by atoms with Gasteiger partial charge in [-0.1, -0.05) is 48.5 Å². The van der Waals surface area contributed by atoms with Crippen LogP contribution >= 0.6 is 0 Å². The summed E-state index contributed by atoms with van der Waals surface area (Å²) >= 11 is 0. The van der Waals surface area contributed by atoms with Crippen LogP contribution in [0, 0.1) is 13.8 Å². The van der Waals surface area contributed by atoms with Crippen molar-refractivity contribution in [2.24, 2.45) is 0 Å². The lowest BCUT2D eigenvalue weighted by atomic mass is 10.1. The van der Waals surface area contributed by atoms with Crippen molar-refractivity contribution in [2.45, 2.75) is 32.9 Å². The predicted molar refractivity (Wildman–Crippen MR) is 148 cm³/mol. The first-order valence-electron chi connectivity index (χ1n) is 12.4. The van der Waals surface area contributed by atoms with E-state index in [0.717, 1.165) is 44.7 Å². The van der Waals surface area contributed by atoms with Crippen LogP contribution in [0.15, 0.2) is 73.1 Å². The summed E-state index contributed by atoms with van der Waals surface area (Å²) in [6, 6.07) is 20.8. The quantitative estimate of drug-likeness (QED) is 0.181. The fourth-order valence-electron chi connectivity index (χ4n) is 4.59. The highest BCUT2D eigenvalue weighted by molar-refractivity contribution is 5.80. The van der Waals surface area contributed by atoms with Gasteiger partial charge in [0.15, 0.2) is 0 Å². The molecule has 0 unspecified atom stereocenters. The summed E-state index contributed by atoms with van der Waals surface area (Å²) in [5.74, 6) is 0.664. The Labute approximate surface area is 220 Å². The summed E-state index contributed by atoms with van der Waals surface area (Å²) < 4.78 is 0. The number of carbonyl (C=O) groups excluding carboxylic acids is 2. The van der Waals surface area contributed by atoms with Crippen LogP contribution in [-0.4, -0.2) is 32.4 Å². The van der Waals surface area contributed by atoms with Gasteiger partial charge in [0.25, 0.3) is 0 Å². The van der Waals surface area contributed by atoms with Gasteiger partial charge in [-0.3, -0.25) is 4.79 Å². The number of benzene rings is 3. The van der Waals surface area contributed by atoms with E-state index in [1.165, 1.54) is 0 Å². The summed E-state index contributed by atoms with van der Waals surface area (Å²) in [6.07, 6.45) is 2.87. The van der Waals surface area contributed by atoms with E-state index in [9.17, 15) is 9.59 Å². The molecule has 0 fully saturated rings. The second kappa shape index (κ2) is 11.0. The highest BCUT2D eigenvalue weighted by Crippen LogP contribution is 2.26. The van der Waals surface area contributed by atoms with Crippen LogP contribution in [0.4, 0.5) is 10.5 Å². The van der Waals surface area contributed by atoms with Crippen molar-refractivity contribution in [3.8, 4) is 11.3 Å². The highest BCUT2D eigenvalue weighted by atomic mass is 16.2. The molecule has 2 heterocycles. The lowest BCUT2D eigenvalue weighted by molar-refractivity contribution is -0.105. The van der Waals surface area contributed by atoms with Gasteiger partial charge in [-0.05, 0) is 55.2 Å². The minimum absolute atomic E-state index is 0.295. The molecule has 3 aromatic carbocycles. The Balaban J connectivity index is 1.36. The zero-order chi connectivity index (χ0) is 26.5. The Bertz CT molecular complexity index is 1560. The average molecular weight is 508 g/mol. The highest BCUT2D eigenvalue weighted by Gasteiger charge is 2.21. The van der Waals surface area contributed by atoms with Crippen molar-refractivity contribution >= 4 is 29.2 Å². The number of imidazole rings is 2. The number of aromatic nitrogens is 4. The summed E-state index contributed by atoms with van der Waals surface area (Å²) in [6.45, 7) is 4.31. The van der Waals surface area contributed by atoms with Crippen molar-refractivity contribution in [1.29, 1.82) is 0 Å². The van der Waals surface area contributed by atoms with Crippen LogP contribution < -0.4 is 16.0 Å². The summed E-state index contributed by atoms with van der Waals surface area (Å²) in [5.41, 5.74) is 8.19. The minimum atomic E-state index is -0.385. The molecule has 0 aliphatic rings. The Hall–Kier alpha value is -4.92. The van der Waals surface area contributed by atoms with Crippen molar-refractivity contribution in [3.63, 3.8) is 0 Å². The van der Waals surface area contributed by atoms with E-state index in [-0.39, 0.29) is 12.1 Å². The van der Waals surface area contributed by atoms with E-state index in [2.05, 4.69) is 30.9 Å². The maximum atomic E-state index is 13.1. The van der Waals surface area contributed by atoms with Gasteiger partial charge in [0.05, 0.1) is 29.1 Å². The van der Waals surface area contributed by atoms with E-state index in [1.54, 1.807) is 6.33 Å². The average Bonchev–Trinajstić information content (AvgIpc) is 3.55. The molecule has 0 radical (unpaired) electrons. The number of aromatic amines is 2. The molecule has 38 heavy (non-hydrogen) atoms. The third-order valence-electron chi connectivity index (χ3n) is 6.39. The number of urea groups is 1. The maximum absolute atomic E-state index is 13.1. The van der Waals surface area contributed by atoms with E-state index < -0.39 is 0 Å². The first kappa shape index (κ1) is 24.8. The Morgan fingerprint density at radius 2 is 1.84 bits per heavy atom. The predicted octanol–water partition coefficient (Wildman–Crippen LogP) is 4.92. The molecule has 2 aromatic heterocycles. The van der Waals surface area contributed by atoms with E-state index >= 15 is 0 Å². The number of hydrogen-bond acceptors (Lipinski definition) is 4. The molecule has 0 aliphatic heterocycles. The molecule has 192 valence electrons. The number of hydrogen-bond donors (Lipinski definition) is 5. The zero-order valence-corrected chi connectivity index (χ0v) is 21.2. The van der Waals surface area contributed by atoms with Crippen LogP contribution in [0.5, 0.6) is 0 Å². The van der Waals surface area contributed by atoms with Gasteiger partial charge in [-0.2, -0.15) is 0 Å². The molecule has 0 spiro atoms. The van der Waals surface area contributed by atoms with E-state index in [1.807, 2.05) is 80.6 Å². The summed E-state index contributed by atoms with van der Waals surface area (Å²) in [5, 5.41) is 8.73. The number of carbonyl (C=O) groups is 2. The Kier molecular flexibility index (Phi) is 7.17. The summed E-state index contributed by atoms with van der Waals surface area (Å²) in [7, 11) is 0. The van der Waals surface area contributed by atoms with Crippen molar-refractivity contribution in [2.75, 3.05) is 5.32 Å². The van der Waals surface area contributed by atoms with Crippen molar-refractivity contribution < 1.29 is 9.59 Å². The van der Waals surface area contributed by atoms with Gasteiger partial charge < -0.3 is 25.9 Å². The number of amides is 3. The summed E-state index contributed by atoms with van der Waals surface area (Å²) in [4.78, 5) is 39.6. The molecule has 0 saturated heterocycles. The van der Waals surface area contributed by atoms with Crippen molar-refractivity contribution in [1.82, 2.24) is 30.6 Å². The number of fused-ring (bicyclic) bond motifs is 1. The van der Waals surface area contributed by atoms with Gasteiger partial charge in [-0.25, -0.2) is 14.8 Å². The number of rotatable bonds is 9. The fraction of sp³-hybridized carbons (Fsp3) is 0.172. The number of nitrogens with one attached hydrogen (secondary N) is 5.